The maximum atomic E-state index is 4.78. The summed E-state index contributed by atoms with van der Waals surface area (Å²) in [6, 6.07) is 0. The molecule has 0 amide bonds. The maximum absolute atomic E-state index is 4.78. The first-order valence-electron chi connectivity index (χ1n) is 7.28. The third-order valence-electron chi connectivity index (χ3n) is 3.46. The summed E-state index contributed by atoms with van der Waals surface area (Å²) in [5, 5.41) is 5.48. The number of rotatable bonds is 6. The number of hydrogen-bond acceptors (Lipinski definition) is 5. The van der Waals surface area contributed by atoms with E-state index in [0.717, 1.165) is 31.4 Å². The summed E-state index contributed by atoms with van der Waals surface area (Å²) in [6.07, 6.45) is 2.45. The molecule has 1 aromatic heterocycles. The van der Waals surface area contributed by atoms with Crippen LogP contribution in [-0.2, 0) is 6.54 Å². The van der Waals surface area contributed by atoms with Gasteiger partial charge in [0.15, 0.2) is 5.13 Å². The van der Waals surface area contributed by atoms with Crippen LogP contribution in [0, 0.1) is 6.92 Å². The predicted octanol–water partition coefficient (Wildman–Crippen LogP) is 3.28. The number of thiazole rings is 1. The van der Waals surface area contributed by atoms with Crippen molar-refractivity contribution in [1.29, 1.82) is 0 Å². The van der Waals surface area contributed by atoms with Crippen LogP contribution in [0.5, 0.6) is 0 Å². The Bertz CT molecular complexity index is 392. The standard InChI is InChI=1S/C14H25N3S2/c1-4-6-15-9-13-11(3)16-14(19-13)17-7-8-18-12(5-2)10-17/h12,15H,4-10H2,1-3H3. The molecule has 1 saturated heterocycles. The van der Waals surface area contributed by atoms with Crippen LogP contribution >= 0.6 is 23.1 Å². The van der Waals surface area contributed by atoms with Gasteiger partial charge in [0.25, 0.3) is 0 Å². The molecule has 0 aromatic carbocycles. The highest BCUT2D eigenvalue weighted by molar-refractivity contribution is 8.00. The van der Waals surface area contributed by atoms with Crippen molar-refractivity contribution in [3.05, 3.63) is 10.6 Å². The van der Waals surface area contributed by atoms with Gasteiger partial charge >= 0.3 is 0 Å². The first kappa shape index (κ1) is 15.1. The molecule has 2 rings (SSSR count). The second kappa shape index (κ2) is 7.50. The second-order valence-corrected chi connectivity index (χ2v) is 7.50. The third kappa shape index (κ3) is 4.10. The van der Waals surface area contributed by atoms with Crippen LogP contribution < -0.4 is 10.2 Å². The summed E-state index contributed by atoms with van der Waals surface area (Å²) in [6.45, 7) is 11.0. The quantitative estimate of drug-likeness (QED) is 0.816. The molecule has 108 valence electrons. The van der Waals surface area contributed by atoms with E-state index in [1.54, 1.807) is 0 Å². The minimum atomic E-state index is 0.777. The normalized spacial score (nSPS) is 19.9. The Morgan fingerprint density at radius 3 is 3.00 bits per heavy atom. The zero-order valence-corrected chi connectivity index (χ0v) is 13.9. The Morgan fingerprint density at radius 2 is 2.26 bits per heavy atom. The van der Waals surface area contributed by atoms with E-state index >= 15 is 0 Å². The predicted molar refractivity (Wildman–Crippen MR) is 87.6 cm³/mol. The van der Waals surface area contributed by atoms with E-state index in [2.05, 4.69) is 42.7 Å². The van der Waals surface area contributed by atoms with Gasteiger partial charge in [-0.3, -0.25) is 0 Å². The largest absolute Gasteiger partial charge is 0.346 e. The fourth-order valence-corrected chi connectivity index (χ4v) is 4.48. The van der Waals surface area contributed by atoms with Gasteiger partial charge in [-0.15, -0.1) is 11.3 Å². The SMILES string of the molecule is CCCNCc1sc(N2CCSC(CC)C2)nc1C. The molecule has 1 fully saturated rings. The Kier molecular flexibility index (Phi) is 5.98. The summed E-state index contributed by atoms with van der Waals surface area (Å²) >= 11 is 3.98. The highest BCUT2D eigenvalue weighted by atomic mass is 32.2. The molecule has 2 heterocycles. The molecule has 1 atom stereocenters. The first-order chi connectivity index (χ1) is 9.24. The molecule has 0 saturated carbocycles. The molecule has 0 radical (unpaired) electrons. The van der Waals surface area contributed by atoms with E-state index in [9.17, 15) is 0 Å². The highest BCUT2D eigenvalue weighted by Crippen LogP contribution is 2.30. The minimum absolute atomic E-state index is 0.777. The molecule has 1 aliphatic rings. The Labute approximate surface area is 125 Å². The zero-order valence-electron chi connectivity index (χ0n) is 12.2. The van der Waals surface area contributed by atoms with E-state index in [-0.39, 0.29) is 0 Å². The molecule has 1 N–H and O–H groups in total. The first-order valence-corrected chi connectivity index (χ1v) is 9.14. The highest BCUT2D eigenvalue weighted by Gasteiger charge is 2.22. The average molecular weight is 300 g/mol. The number of aryl methyl sites for hydroxylation is 1. The van der Waals surface area contributed by atoms with Gasteiger partial charge in [0, 0.05) is 35.5 Å². The number of nitrogens with zero attached hydrogens (tertiary/aromatic N) is 2. The van der Waals surface area contributed by atoms with Crippen molar-refractivity contribution < 1.29 is 0 Å². The molecule has 0 bridgehead atoms. The van der Waals surface area contributed by atoms with E-state index < -0.39 is 0 Å². The number of anilines is 1. The smallest absolute Gasteiger partial charge is 0.185 e. The van der Waals surface area contributed by atoms with Crippen LogP contribution in [0.2, 0.25) is 0 Å². The fourth-order valence-electron chi connectivity index (χ4n) is 2.23. The van der Waals surface area contributed by atoms with Crippen LogP contribution in [0.1, 0.15) is 37.3 Å². The molecule has 1 aromatic rings. The number of aromatic nitrogens is 1. The van der Waals surface area contributed by atoms with E-state index in [1.807, 2.05) is 11.3 Å². The molecule has 5 heteroatoms. The van der Waals surface area contributed by atoms with Crippen LogP contribution in [0.3, 0.4) is 0 Å². The van der Waals surface area contributed by atoms with Gasteiger partial charge in [-0.25, -0.2) is 4.98 Å². The lowest BCUT2D eigenvalue weighted by Crippen LogP contribution is -2.37. The molecule has 0 aliphatic carbocycles. The molecular formula is C14H25N3S2. The zero-order chi connectivity index (χ0) is 13.7. The van der Waals surface area contributed by atoms with Crippen LogP contribution in [0.4, 0.5) is 5.13 Å². The van der Waals surface area contributed by atoms with Gasteiger partial charge in [-0.1, -0.05) is 13.8 Å². The summed E-state index contributed by atoms with van der Waals surface area (Å²) in [5.41, 5.74) is 1.20. The monoisotopic (exact) mass is 299 g/mol. The van der Waals surface area contributed by atoms with Crippen molar-refractivity contribution >= 4 is 28.2 Å². The van der Waals surface area contributed by atoms with Gasteiger partial charge in [0.1, 0.15) is 0 Å². The van der Waals surface area contributed by atoms with Crippen molar-refractivity contribution in [2.75, 3.05) is 30.3 Å². The van der Waals surface area contributed by atoms with Crippen molar-refractivity contribution in [3.63, 3.8) is 0 Å². The lowest BCUT2D eigenvalue weighted by Gasteiger charge is -2.31. The topological polar surface area (TPSA) is 28.2 Å². The molecule has 0 spiro atoms. The third-order valence-corrected chi connectivity index (χ3v) is 6.05. The van der Waals surface area contributed by atoms with Crippen molar-refractivity contribution in [1.82, 2.24) is 10.3 Å². The molecular weight excluding hydrogens is 274 g/mol. The van der Waals surface area contributed by atoms with Gasteiger partial charge in [0.05, 0.1) is 5.69 Å². The average Bonchev–Trinajstić information content (AvgIpc) is 2.81. The maximum Gasteiger partial charge on any atom is 0.185 e. The molecule has 3 nitrogen and oxygen atoms in total. The number of nitrogens with one attached hydrogen (secondary N) is 1. The Morgan fingerprint density at radius 1 is 1.42 bits per heavy atom. The summed E-state index contributed by atoms with van der Waals surface area (Å²) < 4.78 is 0. The summed E-state index contributed by atoms with van der Waals surface area (Å²) in [5.74, 6) is 1.24. The van der Waals surface area contributed by atoms with Crippen molar-refractivity contribution in [3.8, 4) is 0 Å². The minimum Gasteiger partial charge on any atom is -0.346 e. The van der Waals surface area contributed by atoms with E-state index in [4.69, 9.17) is 4.98 Å². The summed E-state index contributed by atoms with van der Waals surface area (Å²) in [4.78, 5) is 8.65. The summed E-state index contributed by atoms with van der Waals surface area (Å²) in [7, 11) is 0. The number of thioether (sulfide) groups is 1. The fraction of sp³-hybridized carbons (Fsp3) is 0.786. The van der Waals surface area contributed by atoms with Gasteiger partial charge in [-0.2, -0.15) is 11.8 Å². The second-order valence-electron chi connectivity index (χ2n) is 5.03. The number of hydrogen-bond donors (Lipinski definition) is 1. The van der Waals surface area contributed by atoms with Crippen LogP contribution in [-0.4, -0.2) is 35.6 Å². The lowest BCUT2D eigenvalue weighted by atomic mass is 10.3. The van der Waals surface area contributed by atoms with Crippen LogP contribution in [0.25, 0.3) is 0 Å². The Balaban J connectivity index is 1.98. The molecule has 19 heavy (non-hydrogen) atoms. The molecule has 1 unspecified atom stereocenters. The Hall–Kier alpha value is -0.260. The lowest BCUT2D eigenvalue weighted by molar-refractivity contribution is 0.678. The van der Waals surface area contributed by atoms with Gasteiger partial charge in [0.2, 0.25) is 0 Å². The van der Waals surface area contributed by atoms with E-state index in [0.29, 0.717) is 0 Å². The van der Waals surface area contributed by atoms with E-state index in [1.165, 1.54) is 34.3 Å². The van der Waals surface area contributed by atoms with Gasteiger partial charge in [-0.05, 0) is 26.3 Å². The molecule has 1 aliphatic heterocycles. The van der Waals surface area contributed by atoms with Crippen molar-refractivity contribution in [2.24, 2.45) is 0 Å². The van der Waals surface area contributed by atoms with Gasteiger partial charge < -0.3 is 10.2 Å². The van der Waals surface area contributed by atoms with Crippen molar-refractivity contribution in [2.45, 2.75) is 45.4 Å². The van der Waals surface area contributed by atoms with Crippen LogP contribution in [0.15, 0.2) is 0 Å².